The number of hydrogen-bond acceptors (Lipinski definition) is 2. The zero-order valence-electron chi connectivity index (χ0n) is 9.41. The molecule has 0 aromatic carbocycles. The maximum atomic E-state index is 12.2. The minimum absolute atomic E-state index is 0.0292. The lowest BCUT2D eigenvalue weighted by molar-refractivity contribution is 0.0605. The van der Waals surface area contributed by atoms with Gasteiger partial charge in [0.2, 0.25) is 0 Å². The van der Waals surface area contributed by atoms with Crippen molar-refractivity contribution in [2.45, 2.75) is 32.2 Å². The lowest BCUT2D eigenvalue weighted by Crippen LogP contribution is -2.44. The van der Waals surface area contributed by atoms with Crippen LogP contribution in [0.4, 0.5) is 0 Å². The summed E-state index contributed by atoms with van der Waals surface area (Å²) in [4.78, 5) is 14.0. The van der Waals surface area contributed by atoms with Crippen molar-refractivity contribution in [3.63, 3.8) is 0 Å². The first-order valence-electron chi connectivity index (χ1n) is 5.65. The summed E-state index contributed by atoms with van der Waals surface area (Å²) >= 11 is 5.89. The van der Waals surface area contributed by atoms with E-state index in [0.717, 1.165) is 31.6 Å². The van der Waals surface area contributed by atoms with Crippen LogP contribution in [0.25, 0.3) is 0 Å². The van der Waals surface area contributed by atoms with Crippen LogP contribution >= 0.6 is 11.6 Å². The van der Waals surface area contributed by atoms with Gasteiger partial charge in [0.05, 0.1) is 0 Å². The van der Waals surface area contributed by atoms with E-state index < -0.39 is 0 Å². The number of halogens is 1. The molecule has 0 N–H and O–H groups in total. The molecule has 2 rings (SSSR count). The number of alkyl halides is 1. The Labute approximate surface area is 100 Å². The SMILES string of the molecule is Cc1ccc(C(=O)N2CCCCC2CCl)o1. The number of furan rings is 1. The van der Waals surface area contributed by atoms with E-state index >= 15 is 0 Å². The van der Waals surface area contributed by atoms with Crippen LogP contribution in [0.1, 0.15) is 35.6 Å². The number of piperidine rings is 1. The van der Waals surface area contributed by atoms with Crippen molar-refractivity contribution in [2.24, 2.45) is 0 Å². The predicted octanol–water partition coefficient (Wildman–Crippen LogP) is 2.82. The molecule has 1 atom stereocenters. The number of aryl methyl sites for hydroxylation is 1. The van der Waals surface area contributed by atoms with Gasteiger partial charge >= 0.3 is 0 Å². The maximum absolute atomic E-state index is 12.2. The lowest BCUT2D eigenvalue weighted by atomic mass is 10.0. The molecule has 1 aromatic rings. The monoisotopic (exact) mass is 241 g/mol. The van der Waals surface area contributed by atoms with Crippen LogP contribution in [0.3, 0.4) is 0 Å². The van der Waals surface area contributed by atoms with Gasteiger partial charge in [-0.3, -0.25) is 4.79 Å². The third kappa shape index (κ3) is 2.24. The summed E-state index contributed by atoms with van der Waals surface area (Å²) in [5.41, 5.74) is 0. The van der Waals surface area contributed by atoms with Crippen molar-refractivity contribution in [2.75, 3.05) is 12.4 Å². The molecule has 4 heteroatoms. The summed E-state index contributed by atoms with van der Waals surface area (Å²) in [6, 6.07) is 3.71. The molecule has 88 valence electrons. The zero-order chi connectivity index (χ0) is 11.5. The Morgan fingerprint density at radius 1 is 1.56 bits per heavy atom. The number of carbonyl (C=O) groups is 1. The summed E-state index contributed by atoms with van der Waals surface area (Å²) in [5.74, 6) is 1.67. The molecule has 16 heavy (non-hydrogen) atoms. The second-order valence-corrected chi connectivity index (χ2v) is 4.52. The number of hydrogen-bond donors (Lipinski definition) is 0. The van der Waals surface area contributed by atoms with Crippen LogP contribution in [0.15, 0.2) is 16.5 Å². The Morgan fingerprint density at radius 3 is 3.00 bits per heavy atom. The summed E-state index contributed by atoms with van der Waals surface area (Å²) in [5, 5.41) is 0. The Hall–Kier alpha value is -0.960. The largest absolute Gasteiger partial charge is 0.456 e. The maximum Gasteiger partial charge on any atom is 0.289 e. The van der Waals surface area contributed by atoms with Crippen molar-refractivity contribution < 1.29 is 9.21 Å². The van der Waals surface area contributed by atoms with E-state index in [0.29, 0.717) is 11.6 Å². The molecule has 0 spiro atoms. The van der Waals surface area contributed by atoms with Gasteiger partial charge in [0.15, 0.2) is 5.76 Å². The minimum atomic E-state index is -0.0292. The summed E-state index contributed by atoms with van der Waals surface area (Å²) in [7, 11) is 0. The van der Waals surface area contributed by atoms with Crippen LogP contribution in [-0.4, -0.2) is 29.3 Å². The van der Waals surface area contributed by atoms with Crippen molar-refractivity contribution in [1.29, 1.82) is 0 Å². The van der Waals surface area contributed by atoms with Crippen LogP contribution in [0, 0.1) is 6.92 Å². The molecule has 1 aromatic heterocycles. The molecule has 1 aliphatic heterocycles. The Kier molecular flexibility index (Phi) is 3.54. The fourth-order valence-corrected chi connectivity index (χ4v) is 2.44. The number of amides is 1. The summed E-state index contributed by atoms with van der Waals surface area (Å²) in [6.45, 7) is 2.63. The molecule has 0 saturated carbocycles. The highest BCUT2D eigenvalue weighted by Crippen LogP contribution is 2.21. The molecule has 1 amide bonds. The molecule has 1 saturated heterocycles. The number of likely N-dealkylation sites (tertiary alicyclic amines) is 1. The van der Waals surface area contributed by atoms with Gasteiger partial charge in [-0.2, -0.15) is 0 Å². The van der Waals surface area contributed by atoms with Gasteiger partial charge in [0.1, 0.15) is 5.76 Å². The van der Waals surface area contributed by atoms with Crippen LogP contribution in [0.2, 0.25) is 0 Å². The normalized spacial score (nSPS) is 21.1. The highest BCUT2D eigenvalue weighted by atomic mass is 35.5. The van der Waals surface area contributed by atoms with Crippen LogP contribution in [0.5, 0.6) is 0 Å². The first-order valence-corrected chi connectivity index (χ1v) is 6.19. The highest BCUT2D eigenvalue weighted by Gasteiger charge is 2.28. The molecule has 3 nitrogen and oxygen atoms in total. The molecular weight excluding hydrogens is 226 g/mol. The van der Waals surface area contributed by atoms with E-state index in [4.69, 9.17) is 16.0 Å². The zero-order valence-corrected chi connectivity index (χ0v) is 10.2. The van der Waals surface area contributed by atoms with Gasteiger partial charge in [-0.15, -0.1) is 11.6 Å². The van der Waals surface area contributed by atoms with E-state index in [9.17, 15) is 4.79 Å². The van der Waals surface area contributed by atoms with Crippen LogP contribution < -0.4 is 0 Å². The van der Waals surface area contributed by atoms with Gasteiger partial charge in [-0.1, -0.05) is 0 Å². The summed E-state index contributed by atoms with van der Waals surface area (Å²) < 4.78 is 5.36. The molecule has 0 aliphatic carbocycles. The molecule has 2 heterocycles. The highest BCUT2D eigenvalue weighted by molar-refractivity contribution is 6.18. The fraction of sp³-hybridized carbons (Fsp3) is 0.583. The standard InChI is InChI=1S/C12H16ClNO2/c1-9-5-6-11(16-9)12(15)14-7-3-2-4-10(14)8-13/h5-6,10H,2-4,7-8H2,1H3. The van der Waals surface area contributed by atoms with Gasteiger partial charge in [0.25, 0.3) is 5.91 Å². The van der Waals surface area contributed by atoms with Gasteiger partial charge in [-0.25, -0.2) is 0 Å². The van der Waals surface area contributed by atoms with Crippen LogP contribution in [-0.2, 0) is 0 Å². The molecule has 0 bridgehead atoms. The molecule has 1 aliphatic rings. The smallest absolute Gasteiger partial charge is 0.289 e. The Balaban J connectivity index is 2.13. The predicted molar refractivity (Wildman–Crippen MR) is 62.8 cm³/mol. The Morgan fingerprint density at radius 2 is 2.38 bits per heavy atom. The van der Waals surface area contributed by atoms with Crippen molar-refractivity contribution >= 4 is 17.5 Å². The second-order valence-electron chi connectivity index (χ2n) is 4.21. The minimum Gasteiger partial charge on any atom is -0.456 e. The number of nitrogens with zero attached hydrogens (tertiary/aromatic N) is 1. The van der Waals surface area contributed by atoms with E-state index in [1.54, 1.807) is 6.07 Å². The van der Waals surface area contributed by atoms with Gasteiger partial charge in [-0.05, 0) is 38.3 Å². The van der Waals surface area contributed by atoms with E-state index in [2.05, 4.69) is 0 Å². The van der Waals surface area contributed by atoms with Gasteiger partial charge < -0.3 is 9.32 Å². The Bertz CT molecular complexity index is 375. The first kappa shape index (κ1) is 11.5. The lowest BCUT2D eigenvalue weighted by Gasteiger charge is -2.33. The quantitative estimate of drug-likeness (QED) is 0.746. The second kappa shape index (κ2) is 4.91. The average molecular weight is 242 g/mol. The first-order chi connectivity index (χ1) is 7.72. The molecule has 1 unspecified atom stereocenters. The topological polar surface area (TPSA) is 33.5 Å². The van der Waals surface area contributed by atoms with E-state index in [1.807, 2.05) is 17.9 Å². The van der Waals surface area contributed by atoms with E-state index in [1.165, 1.54) is 0 Å². The number of rotatable bonds is 2. The van der Waals surface area contributed by atoms with Gasteiger partial charge in [0, 0.05) is 18.5 Å². The van der Waals surface area contributed by atoms with Crippen molar-refractivity contribution in [3.05, 3.63) is 23.7 Å². The molecular formula is C12H16ClNO2. The number of carbonyl (C=O) groups excluding carboxylic acids is 1. The molecule has 0 radical (unpaired) electrons. The summed E-state index contributed by atoms with van der Waals surface area (Å²) in [6.07, 6.45) is 3.20. The average Bonchev–Trinajstić information content (AvgIpc) is 2.75. The van der Waals surface area contributed by atoms with Crippen molar-refractivity contribution in [3.8, 4) is 0 Å². The fourth-order valence-electron chi connectivity index (χ4n) is 2.12. The molecule has 1 fully saturated rings. The third-order valence-electron chi connectivity index (χ3n) is 3.02. The van der Waals surface area contributed by atoms with Crippen molar-refractivity contribution in [1.82, 2.24) is 4.90 Å². The third-order valence-corrected chi connectivity index (χ3v) is 3.37. The van der Waals surface area contributed by atoms with E-state index in [-0.39, 0.29) is 11.9 Å².